The van der Waals surface area contributed by atoms with E-state index in [1.54, 1.807) is 24.3 Å². The largest absolute Gasteiger partial charge is 0.488 e. The number of hydrogen-bond donors (Lipinski definition) is 1. The highest BCUT2D eigenvalue weighted by Crippen LogP contribution is 2.21. The molecule has 0 amide bonds. The van der Waals surface area contributed by atoms with Crippen molar-refractivity contribution in [3.05, 3.63) is 64.4 Å². The summed E-state index contributed by atoms with van der Waals surface area (Å²) in [7, 11) is 0. The molecule has 0 saturated heterocycles. The fourth-order valence-electron chi connectivity index (χ4n) is 1.53. The lowest BCUT2D eigenvalue weighted by atomic mass is 10.2. The Balaban J connectivity index is 2.16. The van der Waals surface area contributed by atoms with Gasteiger partial charge in [-0.1, -0.05) is 23.7 Å². The number of benzene rings is 2. The molecule has 3 nitrogen and oxygen atoms in total. The van der Waals surface area contributed by atoms with E-state index in [1.807, 2.05) is 0 Å². The standard InChI is InChI=1S/C14H10ClFO3/c15-10-3-1-9(2-4-10)8-19-13-7-11(16)5-6-12(13)14(17)18/h1-7H,8H2,(H,17,18). The van der Waals surface area contributed by atoms with Gasteiger partial charge in [-0.05, 0) is 29.8 Å². The molecule has 0 atom stereocenters. The Bertz CT molecular complexity index is 596. The summed E-state index contributed by atoms with van der Waals surface area (Å²) in [4.78, 5) is 11.0. The van der Waals surface area contributed by atoms with Crippen molar-refractivity contribution in [1.82, 2.24) is 0 Å². The second-order valence-electron chi connectivity index (χ2n) is 3.86. The third-order valence-electron chi connectivity index (χ3n) is 2.48. The zero-order valence-corrected chi connectivity index (χ0v) is 10.5. The molecule has 2 aromatic carbocycles. The molecular formula is C14H10ClFO3. The van der Waals surface area contributed by atoms with Gasteiger partial charge in [-0.15, -0.1) is 0 Å². The van der Waals surface area contributed by atoms with Crippen molar-refractivity contribution in [2.45, 2.75) is 6.61 Å². The molecule has 0 radical (unpaired) electrons. The fourth-order valence-corrected chi connectivity index (χ4v) is 1.66. The van der Waals surface area contributed by atoms with Crippen LogP contribution in [0.1, 0.15) is 15.9 Å². The average molecular weight is 281 g/mol. The minimum Gasteiger partial charge on any atom is -0.488 e. The smallest absolute Gasteiger partial charge is 0.339 e. The van der Waals surface area contributed by atoms with E-state index in [2.05, 4.69) is 0 Å². The van der Waals surface area contributed by atoms with E-state index in [0.717, 1.165) is 17.7 Å². The second kappa shape index (κ2) is 5.71. The Morgan fingerprint density at radius 1 is 1.21 bits per heavy atom. The zero-order valence-electron chi connectivity index (χ0n) is 9.77. The topological polar surface area (TPSA) is 46.5 Å². The molecule has 0 aliphatic carbocycles. The van der Waals surface area contributed by atoms with Crippen LogP contribution in [0.15, 0.2) is 42.5 Å². The van der Waals surface area contributed by atoms with Crippen LogP contribution < -0.4 is 4.74 Å². The maximum absolute atomic E-state index is 13.1. The van der Waals surface area contributed by atoms with Gasteiger partial charge in [0.2, 0.25) is 0 Å². The molecule has 0 spiro atoms. The van der Waals surface area contributed by atoms with Gasteiger partial charge in [-0.3, -0.25) is 0 Å². The van der Waals surface area contributed by atoms with E-state index in [4.69, 9.17) is 21.4 Å². The molecule has 0 saturated carbocycles. The van der Waals surface area contributed by atoms with Crippen LogP contribution >= 0.6 is 11.6 Å². The summed E-state index contributed by atoms with van der Waals surface area (Å²) in [6, 6.07) is 10.2. The summed E-state index contributed by atoms with van der Waals surface area (Å²) in [5, 5.41) is 9.57. The van der Waals surface area contributed by atoms with Crippen LogP contribution in [0.25, 0.3) is 0 Å². The van der Waals surface area contributed by atoms with Gasteiger partial charge in [0.05, 0.1) is 0 Å². The SMILES string of the molecule is O=C(O)c1ccc(F)cc1OCc1ccc(Cl)cc1. The van der Waals surface area contributed by atoms with Crippen molar-refractivity contribution >= 4 is 17.6 Å². The molecular weight excluding hydrogens is 271 g/mol. The molecule has 0 bridgehead atoms. The van der Waals surface area contributed by atoms with Crippen molar-refractivity contribution in [2.75, 3.05) is 0 Å². The van der Waals surface area contributed by atoms with Gasteiger partial charge >= 0.3 is 5.97 Å². The predicted molar refractivity (Wildman–Crippen MR) is 69.1 cm³/mol. The molecule has 2 rings (SSSR count). The number of halogens is 2. The van der Waals surface area contributed by atoms with Crippen LogP contribution in [0.3, 0.4) is 0 Å². The molecule has 0 unspecified atom stereocenters. The normalized spacial score (nSPS) is 10.2. The van der Waals surface area contributed by atoms with Gasteiger partial charge in [-0.2, -0.15) is 0 Å². The van der Waals surface area contributed by atoms with Gasteiger partial charge in [0.15, 0.2) is 0 Å². The lowest BCUT2D eigenvalue weighted by molar-refractivity contribution is 0.0691. The highest BCUT2D eigenvalue weighted by molar-refractivity contribution is 6.30. The third kappa shape index (κ3) is 3.45. The second-order valence-corrected chi connectivity index (χ2v) is 4.30. The van der Waals surface area contributed by atoms with E-state index in [-0.39, 0.29) is 17.9 Å². The van der Waals surface area contributed by atoms with Gasteiger partial charge in [0, 0.05) is 11.1 Å². The Kier molecular flexibility index (Phi) is 4.02. The van der Waals surface area contributed by atoms with Crippen LogP contribution in [0.5, 0.6) is 5.75 Å². The molecule has 19 heavy (non-hydrogen) atoms. The van der Waals surface area contributed by atoms with Crippen molar-refractivity contribution in [3.8, 4) is 5.75 Å². The predicted octanol–water partition coefficient (Wildman–Crippen LogP) is 3.76. The summed E-state index contributed by atoms with van der Waals surface area (Å²) in [5.41, 5.74) is 0.736. The molecule has 5 heteroatoms. The fraction of sp³-hybridized carbons (Fsp3) is 0.0714. The highest BCUT2D eigenvalue weighted by atomic mass is 35.5. The van der Waals surface area contributed by atoms with E-state index in [0.29, 0.717) is 5.02 Å². The maximum atomic E-state index is 13.1. The molecule has 1 N–H and O–H groups in total. The minimum absolute atomic E-state index is 0.00227. The lowest BCUT2D eigenvalue weighted by Gasteiger charge is -2.09. The number of ether oxygens (including phenoxy) is 1. The van der Waals surface area contributed by atoms with Crippen LogP contribution in [-0.2, 0) is 6.61 Å². The van der Waals surface area contributed by atoms with Crippen molar-refractivity contribution in [1.29, 1.82) is 0 Å². The molecule has 0 fully saturated rings. The lowest BCUT2D eigenvalue weighted by Crippen LogP contribution is -2.03. The van der Waals surface area contributed by atoms with Crippen LogP contribution in [-0.4, -0.2) is 11.1 Å². The van der Waals surface area contributed by atoms with Crippen molar-refractivity contribution < 1.29 is 19.0 Å². The maximum Gasteiger partial charge on any atom is 0.339 e. The van der Waals surface area contributed by atoms with E-state index < -0.39 is 11.8 Å². The first-order valence-corrected chi connectivity index (χ1v) is 5.84. The zero-order chi connectivity index (χ0) is 13.8. The average Bonchev–Trinajstić information content (AvgIpc) is 2.38. The quantitative estimate of drug-likeness (QED) is 0.927. The Morgan fingerprint density at radius 2 is 1.89 bits per heavy atom. The van der Waals surface area contributed by atoms with Crippen LogP contribution in [0.2, 0.25) is 5.02 Å². The van der Waals surface area contributed by atoms with Crippen molar-refractivity contribution in [2.24, 2.45) is 0 Å². The Morgan fingerprint density at radius 3 is 2.53 bits per heavy atom. The highest BCUT2D eigenvalue weighted by Gasteiger charge is 2.12. The molecule has 0 aromatic heterocycles. The van der Waals surface area contributed by atoms with Gasteiger partial charge in [0.25, 0.3) is 0 Å². The van der Waals surface area contributed by atoms with Gasteiger partial charge < -0.3 is 9.84 Å². The number of hydrogen-bond acceptors (Lipinski definition) is 2. The number of carbonyl (C=O) groups is 1. The minimum atomic E-state index is -1.16. The molecule has 0 heterocycles. The monoisotopic (exact) mass is 280 g/mol. The summed E-state index contributed by atoms with van der Waals surface area (Å²) in [6.07, 6.45) is 0. The summed E-state index contributed by atoms with van der Waals surface area (Å²) in [6.45, 7) is 0.140. The number of aromatic carboxylic acids is 1. The number of rotatable bonds is 4. The first-order chi connectivity index (χ1) is 9.06. The van der Waals surface area contributed by atoms with E-state index >= 15 is 0 Å². The van der Waals surface area contributed by atoms with E-state index in [9.17, 15) is 9.18 Å². The number of carboxylic acid groups (broad SMARTS) is 1. The molecule has 0 aliphatic heterocycles. The summed E-state index contributed by atoms with van der Waals surface area (Å²) < 4.78 is 18.4. The van der Waals surface area contributed by atoms with Gasteiger partial charge in [-0.25, -0.2) is 9.18 Å². The molecule has 0 aliphatic rings. The molecule has 98 valence electrons. The Hall–Kier alpha value is -2.07. The first-order valence-electron chi connectivity index (χ1n) is 5.46. The third-order valence-corrected chi connectivity index (χ3v) is 2.73. The summed E-state index contributed by atoms with van der Waals surface area (Å²) >= 11 is 5.75. The summed E-state index contributed by atoms with van der Waals surface area (Å²) in [5.74, 6) is -1.70. The molecule has 2 aromatic rings. The number of carboxylic acids is 1. The van der Waals surface area contributed by atoms with Crippen LogP contribution in [0.4, 0.5) is 4.39 Å². The van der Waals surface area contributed by atoms with E-state index in [1.165, 1.54) is 6.07 Å². The van der Waals surface area contributed by atoms with Gasteiger partial charge in [0.1, 0.15) is 23.7 Å². The Labute approximate surface area is 114 Å². The first kappa shape index (κ1) is 13.4. The van der Waals surface area contributed by atoms with Crippen molar-refractivity contribution in [3.63, 3.8) is 0 Å². The van der Waals surface area contributed by atoms with Crippen LogP contribution in [0, 0.1) is 5.82 Å².